The Labute approximate surface area is 142 Å². The molecule has 1 amide bonds. The Bertz CT molecular complexity index is 720. The molecule has 0 bridgehead atoms. The van der Waals surface area contributed by atoms with E-state index in [0.29, 0.717) is 12.1 Å². The van der Waals surface area contributed by atoms with Crippen molar-refractivity contribution in [3.05, 3.63) is 64.7 Å². The zero-order chi connectivity index (χ0) is 17.5. The molecule has 0 heterocycles. The molecule has 126 valence electrons. The summed E-state index contributed by atoms with van der Waals surface area (Å²) in [6.07, 6.45) is 0.418. The SMILES string of the molecule is COc1ccc(CNC(=O)CCC(=O)c2cc(C)ccc2C)cc1. The van der Waals surface area contributed by atoms with Crippen LogP contribution in [-0.2, 0) is 11.3 Å². The molecule has 0 unspecified atom stereocenters. The Morgan fingerprint density at radius 1 is 1.00 bits per heavy atom. The van der Waals surface area contributed by atoms with E-state index in [-0.39, 0.29) is 24.5 Å². The average molecular weight is 325 g/mol. The summed E-state index contributed by atoms with van der Waals surface area (Å²) in [7, 11) is 1.61. The Morgan fingerprint density at radius 2 is 1.71 bits per heavy atom. The van der Waals surface area contributed by atoms with Crippen LogP contribution in [0.3, 0.4) is 0 Å². The van der Waals surface area contributed by atoms with E-state index in [9.17, 15) is 9.59 Å². The summed E-state index contributed by atoms with van der Waals surface area (Å²) in [4.78, 5) is 24.2. The van der Waals surface area contributed by atoms with Crippen LogP contribution in [0.1, 0.15) is 39.9 Å². The number of benzene rings is 2. The highest BCUT2D eigenvalue weighted by atomic mass is 16.5. The van der Waals surface area contributed by atoms with Crippen LogP contribution in [0.2, 0.25) is 0 Å². The smallest absolute Gasteiger partial charge is 0.220 e. The van der Waals surface area contributed by atoms with Gasteiger partial charge >= 0.3 is 0 Å². The van der Waals surface area contributed by atoms with Gasteiger partial charge in [-0.05, 0) is 43.2 Å². The molecule has 0 aromatic heterocycles. The maximum atomic E-state index is 12.3. The van der Waals surface area contributed by atoms with Gasteiger partial charge in [-0.15, -0.1) is 0 Å². The third kappa shape index (κ3) is 4.95. The fourth-order valence-corrected chi connectivity index (χ4v) is 2.43. The molecular weight excluding hydrogens is 302 g/mol. The van der Waals surface area contributed by atoms with E-state index in [1.54, 1.807) is 7.11 Å². The van der Waals surface area contributed by atoms with E-state index in [0.717, 1.165) is 22.4 Å². The summed E-state index contributed by atoms with van der Waals surface area (Å²) < 4.78 is 5.09. The number of hydrogen-bond acceptors (Lipinski definition) is 3. The molecule has 0 saturated carbocycles. The fraction of sp³-hybridized carbons (Fsp3) is 0.300. The number of carbonyl (C=O) groups is 2. The van der Waals surface area contributed by atoms with Gasteiger partial charge in [-0.3, -0.25) is 9.59 Å². The third-order valence-corrected chi connectivity index (χ3v) is 3.92. The first-order valence-electron chi connectivity index (χ1n) is 7.99. The molecular formula is C20H23NO3. The number of ketones is 1. The van der Waals surface area contributed by atoms with Crippen LogP contribution in [0.15, 0.2) is 42.5 Å². The molecule has 2 rings (SSSR count). The van der Waals surface area contributed by atoms with Crippen molar-refractivity contribution in [3.8, 4) is 5.75 Å². The number of nitrogens with one attached hydrogen (secondary N) is 1. The molecule has 4 nitrogen and oxygen atoms in total. The molecule has 0 saturated heterocycles. The second-order valence-electron chi connectivity index (χ2n) is 5.87. The van der Waals surface area contributed by atoms with E-state index in [1.165, 1.54) is 0 Å². The minimum Gasteiger partial charge on any atom is -0.497 e. The van der Waals surface area contributed by atoms with Crippen LogP contribution < -0.4 is 10.1 Å². The first-order chi connectivity index (χ1) is 11.5. The lowest BCUT2D eigenvalue weighted by molar-refractivity contribution is -0.121. The Hall–Kier alpha value is -2.62. The van der Waals surface area contributed by atoms with E-state index in [1.807, 2.05) is 56.3 Å². The van der Waals surface area contributed by atoms with Gasteiger partial charge in [-0.2, -0.15) is 0 Å². The molecule has 24 heavy (non-hydrogen) atoms. The summed E-state index contributed by atoms with van der Waals surface area (Å²) in [5.41, 5.74) is 3.69. The number of ether oxygens (including phenoxy) is 1. The van der Waals surface area contributed by atoms with Crippen LogP contribution in [0, 0.1) is 13.8 Å². The van der Waals surface area contributed by atoms with Crippen molar-refractivity contribution in [3.63, 3.8) is 0 Å². The molecule has 0 spiro atoms. The second kappa shape index (κ2) is 8.29. The van der Waals surface area contributed by atoms with Crippen LogP contribution in [0.5, 0.6) is 5.75 Å². The highest BCUT2D eigenvalue weighted by Crippen LogP contribution is 2.14. The van der Waals surface area contributed by atoms with Gasteiger partial charge < -0.3 is 10.1 Å². The van der Waals surface area contributed by atoms with Gasteiger partial charge in [0, 0.05) is 24.9 Å². The zero-order valence-corrected chi connectivity index (χ0v) is 14.4. The predicted molar refractivity (Wildman–Crippen MR) is 94.3 cm³/mol. The molecule has 4 heteroatoms. The monoisotopic (exact) mass is 325 g/mol. The van der Waals surface area contributed by atoms with Gasteiger partial charge in [-0.25, -0.2) is 0 Å². The van der Waals surface area contributed by atoms with Gasteiger partial charge in [0.1, 0.15) is 5.75 Å². The normalized spacial score (nSPS) is 10.3. The summed E-state index contributed by atoms with van der Waals surface area (Å²) in [5.74, 6) is 0.671. The predicted octanol–water partition coefficient (Wildman–Crippen LogP) is 3.59. The number of carbonyl (C=O) groups excluding carboxylic acids is 2. The van der Waals surface area contributed by atoms with Crippen LogP contribution in [0.25, 0.3) is 0 Å². The molecule has 0 aliphatic carbocycles. The lowest BCUT2D eigenvalue weighted by atomic mass is 9.99. The molecule has 0 radical (unpaired) electrons. The standard InChI is InChI=1S/C20H23NO3/c1-14-4-5-15(2)18(12-14)19(22)10-11-20(23)21-13-16-6-8-17(24-3)9-7-16/h4-9,12H,10-11,13H2,1-3H3,(H,21,23). The van der Waals surface area contributed by atoms with Gasteiger partial charge in [0.25, 0.3) is 0 Å². The van der Waals surface area contributed by atoms with Gasteiger partial charge in [0.05, 0.1) is 7.11 Å². The molecule has 0 aliphatic heterocycles. The van der Waals surface area contributed by atoms with Crippen molar-refractivity contribution in [1.82, 2.24) is 5.32 Å². The quantitative estimate of drug-likeness (QED) is 0.792. The molecule has 2 aromatic carbocycles. The zero-order valence-electron chi connectivity index (χ0n) is 14.4. The summed E-state index contributed by atoms with van der Waals surface area (Å²) in [6, 6.07) is 13.3. The summed E-state index contributed by atoms with van der Waals surface area (Å²) in [5, 5.41) is 2.84. The highest BCUT2D eigenvalue weighted by Gasteiger charge is 2.11. The van der Waals surface area contributed by atoms with Crippen molar-refractivity contribution >= 4 is 11.7 Å². The van der Waals surface area contributed by atoms with E-state index in [2.05, 4.69) is 5.32 Å². The number of aryl methyl sites for hydroxylation is 2. The maximum absolute atomic E-state index is 12.3. The lowest BCUT2D eigenvalue weighted by Gasteiger charge is -2.08. The van der Waals surface area contributed by atoms with Crippen molar-refractivity contribution in [1.29, 1.82) is 0 Å². The lowest BCUT2D eigenvalue weighted by Crippen LogP contribution is -2.23. The second-order valence-corrected chi connectivity index (χ2v) is 5.87. The fourth-order valence-electron chi connectivity index (χ4n) is 2.43. The number of rotatable bonds is 7. The molecule has 2 aromatic rings. The third-order valence-electron chi connectivity index (χ3n) is 3.92. The first kappa shape index (κ1) is 17.7. The average Bonchev–Trinajstić information content (AvgIpc) is 2.60. The number of methoxy groups -OCH3 is 1. The van der Waals surface area contributed by atoms with Crippen LogP contribution in [0.4, 0.5) is 0 Å². The largest absolute Gasteiger partial charge is 0.497 e. The minimum atomic E-state index is -0.121. The number of Topliss-reactive ketones (excluding diaryl/α,β-unsaturated/α-hetero) is 1. The van der Waals surface area contributed by atoms with Crippen LogP contribution in [-0.4, -0.2) is 18.8 Å². The van der Waals surface area contributed by atoms with Crippen molar-refractivity contribution < 1.29 is 14.3 Å². The van der Waals surface area contributed by atoms with Gasteiger partial charge in [-0.1, -0.05) is 29.8 Å². The van der Waals surface area contributed by atoms with Gasteiger partial charge in [0.15, 0.2) is 5.78 Å². The van der Waals surface area contributed by atoms with E-state index >= 15 is 0 Å². The number of hydrogen-bond donors (Lipinski definition) is 1. The first-order valence-corrected chi connectivity index (χ1v) is 7.99. The van der Waals surface area contributed by atoms with E-state index in [4.69, 9.17) is 4.74 Å². The molecule has 0 atom stereocenters. The Kier molecular flexibility index (Phi) is 6.13. The highest BCUT2D eigenvalue weighted by molar-refractivity contribution is 5.99. The molecule has 1 N–H and O–H groups in total. The van der Waals surface area contributed by atoms with Crippen molar-refractivity contribution in [2.45, 2.75) is 33.2 Å². The van der Waals surface area contributed by atoms with E-state index < -0.39 is 0 Å². The summed E-state index contributed by atoms with van der Waals surface area (Å²) >= 11 is 0. The van der Waals surface area contributed by atoms with Gasteiger partial charge in [0.2, 0.25) is 5.91 Å². The van der Waals surface area contributed by atoms with Crippen molar-refractivity contribution in [2.75, 3.05) is 7.11 Å². The molecule has 0 aliphatic rings. The van der Waals surface area contributed by atoms with Crippen molar-refractivity contribution in [2.24, 2.45) is 0 Å². The topological polar surface area (TPSA) is 55.4 Å². The number of amides is 1. The Balaban J connectivity index is 1.82. The minimum absolute atomic E-state index is 0.01000. The summed E-state index contributed by atoms with van der Waals surface area (Å²) in [6.45, 7) is 4.31. The maximum Gasteiger partial charge on any atom is 0.220 e. The molecule has 0 fully saturated rings. The van der Waals surface area contributed by atoms with Crippen LogP contribution >= 0.6 is 0 Å². The Morgan fingerprint density at radius 3 is 2.38 bits per heavy atom.